The number of rotatable bonds is 1. The minimum absolute atomic E-state index is 0. The smallest absolute Gasteiger partial charge is 0.445 e. The number of amides is 1. The van der Waals surface area contributed by atoms with Crippen molar-refractivity contribution in [3.05, 3.63) is 23.8 Å². The molecule has 0 radical (unpaired) electrons. The SMILES string of the molecule is CN1C(=O)CCc2cc([B-](F)(F)F)ccc21.[K+]. The number of halogens is 3. The van der Waals surface area contributed by atoms with E-state index >= 15 is 0 Å². The monoisotopic (exact) mass is 267 g/mol. The second kappa shape index (κ2) is 5.44. The van der Waals surface area contributed by atoms with Crippen molar-refractivity contribution in [1.29, 1.82) is 0 Å². The van der Waals surface area contributed by atoms with E-state index < -0.39 is 12.4 Å². The predicted molar refractivity (Wildman–Crippen MR) is 56.9 cm³/mol. The van der Waals surface area contributed by atoms with E-state index in [9.17, 15) is 17.7 Å². The van der Waals surface area contributed by atoms with Gasteiger partial charge in [0.15, 0.2) is 0 Å². The molecule has 2 rings (SSSR count). The predicted octanol–water partition coefficient (Wildman–Crippen LogP) is -1.35. The molecule has 0 saturated heterocycles. The van der Waals surface area contributed by atoms with Gasteiger partial charge in [-0.2, -0.15) is 0 Å². The normalized spacial score (nSPS) is 15.3. The van der Waals surface area contributed by atoms with Crippen LogP contribution in [0.1, 0.15) is 12.0 Å². The summed E-state index contributed by atoms with van der Waals surface area (Å²) in [6.45, 7) is -4.96. The van der Waals surface area contributed by atoms with Crippen LogP contribution in [0.3, 0.4) is 0 Å². The standard InChI is InChI=1S/C10H10BF3NO.K/c1-15-9-4-3-8(11(12,13)14)6-7(9)2-5-10(15)16;/h3-4,6H,2,5H2,1H3;/q-1;+1. The summed E-state index contributed by atoms with van der Waals surface area (Å²) in [6.07, 6.45) is 0.663. The molecule has 1 aliphatic heterocycles. The minimum atomic E-state index is -4.96. The van der Waals surface area contributed by atoms with Crippen molar-refractivity contribution in [3.8, 4) is 0 Å². The second-order valence-electron chi connectivity index (χ2n) is 3.92. The summed E-state index contributed by atoms with van der Waals surface area (Å²) in [4.78, 5) is 12.8. The molecule has 0 aromatic heterocycles. The van der Waals surface area contributed by atoms with Gasteiger partial charge in [-0.05, 0) is 18.1 Å². The van der Waals surface area contributed by atoms with E-state index in [1.54, 1.807) is 7.05 Å². The van der Waals surface area contributed by atoms with Gasteiger partial charge in [-0.25, -0.2) is 0 Å². The Hall–Kier alpha value is 0.181. The summed E-state index contributed by atoms with van der Waals surface area (Å²) < 4.78 is 37.5. The van der Waals surface area contributed by atoms with Crippen LogP contribution < -0.4 is 61.7 Å². The topological polar surface area (TPSA) is 20.3 Å². The Morgan fingerprint density at radius 1 is 1.24 bits per heavy atom. The minimum Gasteiger partial charge on any atom is -0.445 e. The van der Waals surface area contributed by atoms with Crippen LogP contribution in [0.25, 0.3) is 0 Å². The summed E-state index contributed by atoms with van der Waals surface area (Å²) in [5, 5.41) is 0. The van der Waals surface area contributed by atoms with Gasteiger partial charge in [-0.15, -0.1) is 5.46 Å². The maximum absolute atomic E-state index is 12.5. The average molecular weight is 267 g/mol. The van der Waals surface area contributed by atoms with E-state index in [-0.39, 0.29) is 63.7 Å². The van der Waals surface area contributed by atoms with Crippen molar-refractivity contribution in [2.75, 3.05) is 11.9 Å². The number of hydrogen-bond acceptors (Lipinski definition) is 1. The Kier molecular flexibility index (Phi) is 4.88. The number of aryl methyl sites for hydroxylation is 1. The van der Waals surface area contributed by atoms with Crippen LogP contribution in [-0.2, 0) is 11.2 Å². The molecule has 0 unspecified atom stereocenters. The number of nitrogens with zero attached hydrogens (tertiary/aromatic N) is 1. The Morgan fingerprint density at radius 3 is 2.47 bits per heavy atom. The summed E-state index contributed by atoms with van der Waals surface area (Å²) in [7, 11) is 1.58. The zero-order chi connectivity index (χ0) is 11.9. The molecule has 0 aliphatic carbocycles. The Morgan fingerprint density at radius 2 is 1.88 bits per heavy atom. The zero-order valence-electron chi connectivity index (χ0n) is 9.71. The third-order valence-corrected chi connectivity index (χ3v) is 2.83. The molecule has 17 heavy (non-hydrogen) atoms. The molecule has 0 atom stereocenters. The van der Waals surface area contributed by atoms with Crippen molar-refractivity contribution >= 4 is 24.0 Å². The van der Waals surface area contributed by atoms with E-state index in [1.807, 2.05) is 0 Å². The molecule has 0 N–H and O–H groups in total. The summed E-state index contributed by atoms with van der Waals surface area (Å²) in [6, 6.07) is 3.56. The maximum Gasteiger partial charge on any atom is 1.00 e. The van der Waals surface area contributed by atoms with Crippen molar-refractivity contribution < 1.29 is 69.1 Å². The van der Waals surface area contributed by atoms with Crippen molar-refractivity contribution in [3.63, 3.8) is 0 Å². The number of carbonyl (C=O) groups excluding carboxylic acids is 1. The van der Waals surface area contributed by atoms with Gasteiger partial charge < -0.3 is 17.8 Å². The number of anilines is 1. The van der Waals surface area contributed by atoms with E-state index in [0.717, 1.165) is 12.1 Å². The molecule has 1 heterocycles. The van der Waals surface area contributed by atoms with E-state index in [4.69, 9.17) is 0 Å². The number of benzene rings is 1. The van der Waals surface area contributed by atoms with Gasteiger partial charge in [-0.3, -0.25) is 4.79 Å². The first kappa shape index (κ1) is 15.2. The van der Waals surface area contributed by atoms with Gasteiger partial charge in [0, 0.05) is 19.2 Å². The molecule has 0 fully saturated rings. The molecule has 7 heteroatoms. The largest absolute Gasteiger partial charge is 1.00 e. The molecular formula is C10H10BF3KNO. The first-order valence-corrected chi connectivity index (χ1v) is 4.99. The molecule has 1 amide bonds. The Balaban J connectivity index is 0.00000144. The second-order valence-corrected chi connectivity index (χ2v) is 3.92. The van der Waals surface area contributed by atoms with Crippen LogP contribution in [0.2, 0.25) is 0 Å². The molecule has 0 bridgehead atoms. The van der Waals surface area contributed by atoms with Crippen LogP contribution in [-0.4, -0.2) is 19.9 Å². The molecule has 1 aliphatic rings. The maximum atomic E-state index is 12.5. The van der Waals surface area contributed by atoms with Gasteiger partial charge in [0.25, 0.3) is 0 Å². The summed E-state index contributed by atoms with van der Waals surface area (Å²) in [5.41, 5.74) is 0.584. The van der Waals surface area contributed by atoms with Gasteiger partial charge in [-0.1, -0.05) is 12.1 Å². The van der Waals surface area contributed by atoms with Gasteiger partial charge in [0.2, 0.25) is 5.91 Å². The number of carbonyl (C=O) groups is 1. The first-order chi connectivity index (χ1) is 7.39. The Bertz CT molecular complexity index is 450. The van der Waals surface area contributed by atoms with Crippen LogP contribution >= 0.6 is 0 Å². The van der Waals surface area contributed by atoms with Crippen LogP contribution in [0.5, 0.6) is 0 Å². The molecule has 1 aromatic carbocycles. The molecule has 0 spiro atoms. The third-order valence-electron chi connectivity index (χ3n) is 2.83. The fourth-order valence-electron chi connectivity index (χ4n) is 1.88. The van der Waals surface area contributed by atoms with E-state index in [1.165, 1.54) is 11.0 Å². The fourth-order valence-corrected chi connectivity index (χ4v) is 1.88. The van der Waals surface area contributed by atoms with Crippen LogP contribution in [0, 0.1) is 0 Å². The molecule has 86 valence electrons. The number of fused-ring (bicyclic) bond motifs is 1. The van der Waals surface area contributed by atoms with Crippen molar-refractivity contribution in [2.24, 2.45) is 0 Å². The Labute approximate surface area is 140 Å². The van der Waals surface area contributed by atoms with Crippen LogP contribution in [0.15, 0.2) is 18.2 Å². The number of hydrogen-bond donors (Lipinski definition) is 0. The van der Waals surface area contributed by atoms with Gasteiger partial charge in [0.05, 0.1) is 0 Å². The molecular weight excluding hydrogens is 257 g/mol. The average Bonchev–Trinajstić information content (AvgIpc) is 2.22. The van der Waals surface area contributed by atoms with Gasteiger partial charge >= 0.3 is 58.4 Å². The van der Waals surface area contributed by atoms with Crippen molar-refractivity contribution in [1.82, 2.24) is 0 Å². The summed E-state index contributed by atoms with van der Waals surface area (Å²) in [5.74, 6) is -0.0576. The summed E-state index contributed by atoms with van der Waals surface area (Å²) >= 11 is 0. The van der Waals surface area contributed by atoms with E-state index in [2.05, 4.69) is 0 Å². The van der Waals surface area contributed by atoms with E-state index in [0.29, 0.717) is 17.7 Å². The molecule has 2 nitrogen and oxygen atoms in total. The van der Waals surface area contributed by atoms with Crippen molar-refractivity contribution in [2.45, 2.75) is 12.8 Å². The van der Waals surface area contributed by atoms with Gasteiger partial charge in [0.1, 0.15) is 0 Å². The third kappa shape index (κ3) is 3.14. The van der Waals surface area contributed by atoms with Crippen LogP contribution in [0.4, 0.5) is 18.6 Å². The first-order valence-electron chi connectivity index (χ1n) is 4.99. The fraction of sp³-hybridized carbons (Fsp3) is 0.300. The molecule has 0 saturated carbocycles. The quantitative estimate of drug-likeness (QED) is 0.576. The zero-order valence-corrected chi connectivity index (χ0v) is 12.8. The molecule has 1 aromatic rings.